The minimum Gasteiger partial charge on any atom is -0.375 e. The SMILES string of the molecule is O=[SH](=O)N(CO)c1ccccc1. The summed E-state index contributed by atoms with van der Waals surface area (Å²) in [4.78, 5) is 0. The molecule has 0 aliphatic heterocycles. The topological polar surface area (TPSA) is 57.6 Å². The molecule has 0 aliphatic carbocycles. The molecule has 0 amide bonds. The van der Waals surface area contributed by atoms with Gasteiger partial charge in [-0.2, -0.15) is 0 Å². The van der Waals surface area contributed by atoms with Crippen LogP contribution in [0.15, 0.2) is 30.3 Å². The third-order valence-corrected chi connectivity index (χ3v) is 2.14. The van der Waals surface area contributed by atoms with Crippen LogP contribution in [0.3, 0.4) is 0 Å². The van der Waals surface area contributed by atoms with Gasteiger partial charge in [0, 0.05) is 0 Å². The highest BCUT2D eigenvalue weighted by Gasteiger charge is 2.04. The molecule has 0 radical (unpaired) electrons. The zero-order valence-corrected chi connectivity index (χ0v) is 7.15. The highest BCUT2D eigenvalue weighted by Crippen LogP contribution is 2.11. The molecule has 1 aromatic carbocycles. The van der Waals surface area contributed by atoms with Crippen molar-refractivity contribution >= 4 is 16.6 Å². The number of rotatable bonds is 3. The number of aliphatic hydroxyl groups is 1. The Kier molecular flexibility index (Phi) is 3.07. The maximum absolute atomic E-state index is 10.5. The molecule has 1 rings (SSSR count). The first kappa shape index (κ1) is 9.02. The monoisotopic (exact) mass is 187 g/mol. The molecule has 0 aromatic heterocycles. The van der Waals surface area contributed by atoms with Crippen LogP contribution in [0.1, 0.15) is 0 Å². The molecule has 0 saturated carbocycles. The molecule has 5 heteroatoms. The highest BCUT2D eigenvalue weighted by molar-refractivity contribution is 7.74. The quantitative estimate of drug-likeness (QED) is 0.516. The Morgan fingerprint density at radius 2 is 1.83 bits per heavy atom. The number of para-hydroxylation sites is 1. The molecule has 0 heterocycles. The van der Waals surface area contributed by atoms with Gasteiger partial charge in [0.2, 0.25) is 10.9 Å². The van der Waals surface area contributed by atoms with Crippen LogP contribution < -0.4 is 4.31 Å². The lowest BCUT2D eigenvalue weighted by atomic mass is 10.3. The average molecular weight is 187 g/mol. The van der Waals surface area contributed by atoms with Crippen LogP contribution in [0, 0.1) is 0 Å². The summed E-state index contributed by atoms with van der Waals surface area (Å²) in [5, 5.41) is 8.69. The van der Waals surface area contributed by atoms with Crippen LogP contribution in [-0.4, -0.2) is 20.3 Å². The summed E-state index contributed by atoms with van der Waals surface area (Å²) in [6.07, 6.45) is 0. The molecule has 1 aromatic rings. The first-order valence-corrected chi connectivity index (χ1v) is 4.46. The van der Waals surface area contributed by atoms with E-state index >= 15 is 0 Å². The third kappa shape index (κ3) is 1.96. The van der Waals surface area contributed by atoms with Gasteiger partial charge in [-0.05, 0) is 12.1 Å². The van der Waals surface area contributed by atoms with E-state index in [9.17, 15) is 8.42 Å². The van der Waals surface area contributed by atoms with Crippen molar-refractivity contribution in [3.05, 3.63) is 30.3 Å². The number of hydrogen-bond donors (Lipinski definition) is 2. The number of hydrogen-bond acceptors (Lipinski definition) is 3. The molecule has 0 fully saturated rings. The van der Waals surface area contributed by atoms with Crippen LogP contribution >= 0.6 is 0 Å². The summed E-state index contributed by atoms with van der Waals surface area (Å²) in [6.45, 7) is -0.525. The number of benzene rings is 1. The molecule has 0 aliphatic rings. The largest absolute Gasteiger partial charge is 0.375 e. The summed E-state index contributed by atoms with van der Waals surface area (Å²) in [6, 6.07) is 8.41. The summed E-state index contributed by atoms with van der Waals surface area (Å²) in [5.74, 6) is 0. The van der Waals surface area contributed by atoms with Gasteiger partial charge in [0.05, 0.1) is 5.69 Å². The Labute approximate surface area is 72.1 Å². The van der Waals surface area contributed by atoms with Gasteiger partial charge < -0.3 is 5.11 Å². The van der Waals surface area contributed by atoms with E-state index in [1.807, 2.05) is 0 Å². The second kappa shape index (κ2) is 4.08. The van der Waals surface area contributed by atoms with Gasteiger partial charge in [0.1, 0.15) is 6.73 Å². The van der Waals surface area contributed by atoms with Crippen LogP contribution in [0.4, 0.5) is 5.69 Å². The zero-order valence-electron chi connectivity index (χ0n) is 6.25. The smallest absolute Gasteiger partial charge is 0.226 e. The van der Waals surface area contributed by atoms with Crippen LogP contribution in [0.25, 0.3) is 0 Å². The summed E-state index contributed by atoms with van der Waals surface area (Å²) >= 11 is 0. The van der Waals surface area contributed by atoms with Gasteiger partial charge in [-0.1, -0.05) is 18.2 Å². The van der Waals surface area contributed by atoms with Crippen molar-refractivity contribution in [1.82, 2.24) is 0 Å². The van der Waals surface area contributed by atoms with E-state index in [0.29, 0.717) is 5.69 Å². The lowest BCUT2D eigenvalue weighted by molar-refractivity contribution is 0.310. The second-order valence-electron chi connectivity index (χ2n) is 2.11. The van der Waals surface area contributed by atoms with E-state index in [2.05, 4.69) is 0 Å². The van der Waals surface area contributed by atoms with Gasteiger partial charge in [0.15, 0.2) is 0 Å². The molecule has 12 heavy (non-hydrogen) atoms. The predicted octanol–water partition coefficient (Wildman–Crippen LogP) is -0.0308. The fourth-order valence-electron chi connectivity index (χ4n) is 0.828. The minimum absolute atomic E-state index is 0.469. The molecule has 4 nitrogen and oxygen atoms in total. The molecule has 1 N–H and O–H groups in total. The molecule has 0 saturated heterocycles. The Balaban J connectivity index is 2.95. The van der Waals surface area contributed by atoms with Gasteiger partial charge in [-0.3, -0.25) is 0 Å². The van der Waals surface area contributed by atoms with E-state index in [4.69, 9.17) is 5.11 Å². The molecular formula is C7H9NO3S. The van der Waals surface area contributed by atoms with Crippen LogP contribution in [-0.2, 0) is 10.9 Å². The molecule has 0 bridgehead atoms. The van der Waals surface area contributed by atoms with Crippen LogP contribution in [0.5, 0.6) is 0 Å². The van der Waals surface area contributed by atoms with E-state index in [0.717, 1.165) is 4.31 Å². The Morgan fingerprint density at radius 3 is 2.25 bits per heavy atom. The van der Waals surface area contributed by atoms with Gasteiger partial charge >= 0.3 is 0 Å². The van der Waals surface area contributed by atoms with Crippen molar-refractivity contribution in [2.75, 3.05) is 11.0 Å². The van der Waals surface area contributed by atoms with Crippen molar-refractivity contribution < 1.29 is 13.5 Å². The molecule has 66 valence electrons. The van der Waals surface area contributed by atoms with Crippen molar-refractivity contribution in [3.8, 4) is 0 Å². The van der Waals surface area contributed by atoms with Gasteiger partial charge in [-0.25, -0.2) is 12.7 Å². The highest BCUT2D eigenvalue weighted by atomic mass is 32.2. The standard InChI is InChI=1S/C7H9NO3S/c9-6-8(12(10)11)7-4-2-1-3-5-7/h1-5,9,12H,6H2. The van der Waals surface area contributed by atoms with Crippen molar-refractivity contribution in [2.24, 2.45) is 0 Å². The number of aliphatic hydroxyl groups excluding tert-OH is 1. The fourth-order valence-corrected chi connectivity index (χ4v) is 1.25. The lowest BCUT2D eigenvalue weighted by Crippen LogP contribution is -2.21. The summed E-state index contributed by atoms with van der Waals surface area (Å²) in [7, 11) is -2.76. The molecule has 0 atom stereocenters. The van der Waals surface area contributed by atoms with Crippen molar-refractivity contribution in [3.63, 3.8) is 0 Å². The lowest BCUT2D eigenvalue weighted by Gasteiger charge is -2.12. The van der Waals surface area contributed by atoms with E-state index in [1.165, 1.54) is 0 Å². The predicted molar refractivity (Wildman–Crippen MR) is 46.3 cm³/mol. The first-order valence-electron chi connectivity index (χ1n) is 3.33. The number of anilines is 1. The molecular weight excluding hydrogens is 178 g/mol. The number of nitrogens with zero attached hydrogens (tertiary/aromatic N) is 1. The molecule has 0 spiro atoms. The second-order valence-corrected chi connectivity index (χ2v) is 3.07. The van der Waals surface area contributed by atoms with E-state index < -0.39 is 17.6 Å². The fraction of sp³-hybridized carbons (Fsp3) is 0.143. The Hall–Kier alpha value is -1.07. The zero-order chi connectivity index (χ0) is 8.97. The number of thiol groups is 1. The van der Waals surface area contributed by atoms with E-state index in [1.54, 1.807) is 30.3 Å². The van der Waals surface area contributed by atoms with Gasteiger partial charge in [-0.15, -0.1) is 0 Å². The normalized spacial score (nSPS) is 10.2. The Morgan fingerprint density at radius 1 is 1.25 bits per heavy atom. The first-order chi connectivity index (χ1) is 5.75. The third-order valence-electron chi connectivity index (χ3n) is 1.39. The minimum atomic E-state index is -2.76. The maximum atomic E-state index is 10.5. The molecule has 0 unspecified atom stereocenters. The average Bonchev–Trinajstić information content (AvgIpc) is 2.07. The van der Waals surface area contributed by atoms with E-state index in [-0.39, 0.29) is 0 Å². The summed E-state index contributed by atoms with van der Waals surface area (Å²) in [5.41, 5.74) is 0.469. The Bertz CT molecular complexity index is 302. The maximum Gasteiger partial charge on any atom is 0.226 e. The van der Waals surface area contributed by atoms with Crippen LogP contribution in [0.2, 0.25) is 0 Å². The van der Waals surface area contributed by atoms with Crippen molar-refractivity contribution in [1.29, 1.82) is 0 Å². The van der Waals surface area contributed by atoms with Crippen molar-refractivity contribution in [2.45, 2.75) is 0 Å². The summed E-state index contributed by atoms with van der Waals surface area (Å²) < 4.78 is 22.0. The van der Waals surface area contributed by atoms with Gasteiger partial charge in [0.25, 0.3) is 0 Å².